The second kappa shape index (κ2) is 8.21. The topological polar surface area (TPSA) is 163 Å². The van der Waals surface area contributed by atoms with Gasteiger partial charge in [-0.1, -0.05) is 5.16 Å². The van der Waals surface area contributed by atoms with Crippen LogP contribution in [-0.2, 0) is 25.5 Å². The molecule has 0 unspecified atom stereocenters. The van der Waals surface area contributed by atoms with E-state index in [0.717, 1.165) is 0 Å². The lowest BCUT2D eigenvalue weighted by Gasteiger charge is -2.55. The van der Waals surface area contributed by atoms with Gasteiger partial charge in [-0.15, -0.1) is 0 Å². The van der Waals surface area contributed by atoms with Crippen LogP contribution in [0.4, 0.5) is 14.9 Å². The number of amides is 6. The van der Waals surface area contributed by atoms with Crippen molar-refractivity contribution in [3.63, 3.8) is 0 Å². The predicted molar refractivity (Wildman–Crippen MR) is 126 cm³/mol. The third kappa shape index (κ3) is 3.32. The van der Waals surface area contributed by atoms with E-state index in [9.17, 15) is 24.0 Å². The van der Waals surface area contributed by atoms with Crippen LogP contribution in [0.15, 0.2) is 10.6 Å². The minimum atomic E-state index is -1.79. The monoisotopic (exact) mass is 528 g/mol. The van der Waals surface area contributed by atoms with Gasteiger partial charge in [0.2, 0.25) is 23.3 Å². The standard InChI is InChI=1S/C24H25FN6O7/c1-9-6-31-17-12(5-24(19(31)10(2)37-9)21(34)27-23(36)28-22(24)35)4-14-16(29-38-18(14)15(17)25)20(33)30-7-13(8-30)26-11(3)32/h4,9-10,13,19H,5-8H2,1-3H3,(H,26,32)(H2,27,28,34,35,36)/t9-,10+,19-/m1/s1. The van der Waals surface area contributed by atoms with Crippen LogP contribution in [-0.4, -0.2) is 83.6 Å². The van der Waals surface area contributed by atoms with Crippen LogP contribution in [0.1, 0.15) is 36.8 Å². The summed E-state index contributed by atoms with van der Waals surface area (Å²) in [4.78, 5) is 66.0. The van der Waals surface area contributed by atoms with Crippen LogP contribution in [0.5, 0.6) is 0 Å². The normalized spacial score (nSPS) is 26.4. The molecule has 1 aromatic carbocycles. The molecule has 14 heteroatoms. The number of aromatic nitrogens is 1. The molecule has 38 heavy (non-hydrogen) atoms. The summed E-state index contributed by atoms with van der Waals surface area (Å²) < 4.78 is 27.4. The fraction of sp³-hybridized carbons (Fsp3) is 0.500. The maximum atomic E-state index is 16.1. The van der Waals surface area contributed by atoms with Crippen LogP contribution in [0, 0.1) is 11.2 Å². The smallest absolute Gasteiger partial charge is 0.328 e. The van der Waals surface area contributed by atoms with Crippen LogP contribution < -0.4 is 20.9 Å². The number of ether oxygens (including phenoxy) is 1. The van der Waals surface area contributed by atoms with Gasteiger partial charge < -0.3 is 24.4 Å². The average molecular weight is 528 g/mol. The highest BCUT2D eigenvalue weighted by Crippen LogP contribution is 2.49. The highest BCUT2D eigenvalue weighted by atomic mass is 19.1. The number of hydrogen-bond donors (Lipinski definition) is 3. The first-order chi connectivity index (χ1) is 18.0. The van der Waals surface area contributed by atoms with E-state index >= 15 is 4.39 Å². The maximum absolute atomic E-state index is 16.1. The number of nitrogens with one attached hydrogen (secondary N) is 3. The number of morpholine rings is 1. The molecule has 3 saturated heterocycles. The molecule has 3 fully saturated rings. The van der Waals surface area contributed by atoms with E-state index in [2.05, 4.69) is 21.1 Å². The van der Waals surface area contributed by atoms with Crippen LogP contribution in [0.2, 0.25) is 0 Å². The summed E-state index contributed by atoms with van der Waals surface area (Å²) in [7, 11) is 0. The molecule has 1 aromatic heterocycles. The zero-order chi connectivity index (χ0) is 27.1. The number of halogens is 1. The molecule has 5 heterocycles. The van der Waals surface area contributed by atoms with E-state index in [4.69, 9.17) is 9.26 Å². The first-order valence-corrected chi connectivity index (χ1v) is 12.3. The quantitative estimate of drug-likeness (QED) is 0.449. The molecule has 3 atom stereocenters. The fourth-order valence-corrected chi connectivity index (χ4v) is 6.28. The van der Waals surface area contributed by atoms with Gasteiger partial charge in [0, 0.05) is 33.0 Å². The van der Waals surface area contributed by atoms with Crippen molar-refractivity contribution in [1.82, 2.24) is 26.0 Å². The van der Waals surface area contributed by atoms with Gasteiger partial charge in [0.15, 0.2) is 16.9 Å². The summed E-state index contributed by atoms with van der Waals surface area (Å²) in [6.07, 6.45) is -1.26. The van der Waals surface area contributed by atoms with E-state index in [-0.39, 0.29) is 66.5 Å². The van der Waals surface area contributed by atoms with Gasteiger partial charge in [-0.25, -0.2) is 9.18 Å². The van der Waals surface area contributed by atoms with Crippen molar-refractivity contribution in [3.8, 4) is 0 Å². The molecule has 2 aromatic rings. The SMILES string of the molecule is CC(=O)NC1CN(C(=O)c2noc3c(F)c4c(cc23)CC2(C(=O)NC(=O)NC2=O)[C@H]2[C@H](C)O[C@H](C)CN42)C1. The summed E-state index contributed by atoms with van der Waals surface area (Å²) in [5.74, 6) is -3.08. The highest BCUT2D eigenvalue weighted by Gasteiger charge is 2.63. The molecule has 0 saturated carbocycles. The van der Waals surface area contributed by atoms with Crippen LogP contribution in [0.3, 0.4) is 0 Å². The second-order valence-electron chi connectivity index (χ2n) is 10.3. The Balaban J connectivity index is 1.45. The molecular formula is C24H25FN6O7. The largest absolute Gasteiger partial charge is 0.372 e. The Bertz CT molecular complexity index is 1410. The first-order valence-electron chi connectivity index (χ1n) is 12.3. The molecule has 6 rings (SSSR count). The average Bonchev–Trinajstić information content (AvgIpc) is 3.22. The molecule has 4 aliphatic heterocycles. The molecule has 6 amide bonds. The minimum Gasteiger partial charge on any atom is -0.372 e. The first kappa shape index (κ1) is 24.3. The van der Waals surface area contributed by atoms with Crippen molar-refractivity contribution in [2.24, 2.45) is 5.41 Å². The zero-order valence-corrected chi connectivity index (χ0v) is 20.8. The molecule has 0 aliphatic carbocycles. The lowest BCUT2D eigenvalue weighted by molar-refractivity contribution is -0.153. The number of benzene rings is 1. The second-order valence-corrected chi connectivity index (χ2v) is 10.3. The molecule has 1 spiro atoms. The fourth-order valence-electron chi connectivity index (χ4n) is 6.28. The lowest BCUT2D eigenvalue weighted by Crippen LogP contribution is -2.75. The van der Waals surface area contributed by atoms with E-state index in [1.165, 1.54) is 17.9 Å². The molecule has 0 radical (unpaired) electrons. The van der Waals surface area contributed by atoms with Gasteiger partial charge in [-0.05, 0) is 25.5 Å². The number of likely N-dealkylation sites (tertiary alicyclic amines) is 1. The number of nitrogens with zero attached hydrogens (tertiary/aromatic N) is 3. The van der Waals surface area contributed by atoms with Gasteiger partial charge in [0.05, 0.1) is 35.4 Å². The van der Waals surface area contributed by atoms with Gasteiger partial charge in [-0.3, -0.25) is 29.8 Å². The number of fused-ring (bicyclic) bond motifs is 5. The van der Waals surface area contributed by atoms with Crippen molar-refractivity contribution in [1.29, 1.82) is 0 Å². The van der Waals surface area contributed by atoms with Crippen LogP contribution >= 0.6 is 0 Å². The zero-order valence-electron chi connectivity index (χ0n) is 20.8. The van der Waals surface area contributed by atoms with Gasteiger partial charge >= 0.3 is 6.03 Å². The van der Waals surface area contributed by atoms with Crippen molar-refractivity contribution in [2.45, 2.75) is 51.5 Å². The number of carbonyl (C=O) groups excluding carboxylic acids is 5. The van der Waals surface area contributed by atoms with E-state index in [1.807, 2.05) is 0 Å². The van der Waals surface area contributed by atoms with Crippen molar-refractivity contribution >= 4 is 46.3 Å². The van der Waals surface area contributed by atoms with Gasteiger partial charge in [-0.2, -0.15) is 0 Å². The van der Waals surface area contributed by atoms with Crippen molar-refractivity contribution in [2.75, 3.05) is 24.5 Å². The third-order valence-electron chi connectivity index (χ3n) is 7.74. The third-order valence-corrected chi connectivity index (χ3v) is 7.74. The molecule has 4 aliphatic rings. The molecule has 200 valence electrons. The lowest BCUT2D eigenvalue weighted by atomic mass is 9.66. The number of hydrogen-bond acceptors (Lipinski definition) is 9. The van der Waals surface area contributed by atoms with Gasteiger partial charge in [0.1, 0.15) is 0 Å². The predicted octanol–water partition coefficient (Wildman–Crippen LogP) is -0.182. The van der Waals surface area contributed by atoms with Crippen molar-refractivity contribution in [3.05, 3.63) is 23.1 Å². The summed E-state index contributed by atoms with van der Waals surface area (Å²) in [6, 6.07) is -0.516. The Morgan fingerprint density at radius 1 is 1.16 bits per heavy atom. The molecule has 3 N–H and O–H groups in total. The van der Waals surface area contributed by atoms with Crippen molar-refractivity contribution < 1.29 is 37.6 Å². The van der Waals surface area contributed by atoms with E-state index < -0.39 is 47.1 Å². The molecule has 13 nitrogen and oxygen atoms in total. The van der Waals surface area contributed by atoms with Crippen LogP contribution in [0.25, 0.3) is 11.0 Å². The highest BCUT2D eigenvalue weighted by molar-refractivity contribution is 6.20. The summed E-state index contributed by atoms with van der Waals surface area (Å²) >= 11 is 0. The summed E-state index contributed by atoms with van der Waals surface area (Å²) in [5, 5.41) is 11.0. The van der Waals surface area contributed by atoms with Gasteiger partial charge in [0.25, 0.3) is 5.91 Å². The minimum absolute atomic E-state index is 0.102. The molecular weight excluding hydrogens is 503 g/mol. The number of anilines is 1. The Kier molecular flexibility index (Phi) is 5.25. The Morgan fingerprint density at radius 3 is 2.50 bits per heavy atom. The number of carbonyl (C=O) groups is 5. The Labute approximate surface area is 215 Å². The number of imide groups is 2. The number of barbiturate groups is 1. The molecule has 0 bridgehead atoms. The Morgan fingerprint density at radius 2 is 1.84 bits per heavy atom. The summed E-state index contributed by atoms with van der Waals surface area (Å²) in [5.41, 5.74) is -1.69. The maximum Gasteiger partial charge on any atom is 0.328 e. The van der Waals surface area contributed by atoms with E-state index in [0.29, 0.717) is 5.56 Å². The Hall–Kier alpha value is -4.07. The van der Waals surface area contributed by atoms with E-state index in [1.54, 1.807) is 18.7 Å². The number of urea groups is 1. The summed E-state index contributed by atoms with van der Waals surface area (Å²) in [6.45, 7) is 5.57. The number of rotatable bonds is 2.